The molecule has 25 heavy (non-hydrogen) atoms. The molecule has 2 aliphatic rings. The maximum Gasteiger partial charge on any atom is 0.263 e. The van der Waals surface area contributed by atoms with Crippen molar-refractivity contribution in [1.29, 1.82) is 0 Å². The van der Waals surface area contributed by atoms with Gasteiger partial charge in [-0.3, -0.25) is 4.79 Å². The van der Waals surface area contributed by atoms with E-state index in [0.29, 0.717) is 0 Å². The van der Waals surface area contributed by atoms with Gasteiger partial charge in [0.05, 0.1) is 11.7 Å². The molecule has 0 N–H and O–H groups in total. The third-order valence-electron chi connectivity index (χ3n) is 5.24. The van der Waals surface area contributed by atoms with E-state index in [1.807, 2.05) is 30.9 Å². The first kappa shape index (κ1) is 16.2. The van der Waals surface area contributed by atoms with Crippen molar-refractivity contribution >= 4 is 5.91 Å². The Morgan fingerprint density at radius 2 is 2.12 bits per heavy atom. The fraction of sp³-hybridized carbons (Fsp3) is 0.500. The molecule has 1 amide bonds. The van der Waals surface area contributed by atoms with Crippen LogP contribution in [0.2, 0.25) is 0 Å². The summed E-state index contributed by atoms with van der Waals surface area (Å²) in [5.74, 6) is 1.57. The van der Waals surface area contributed by atoms with E-state index in [-0.39, 0.29) is 11.9 Å². The summed E-state index contributed by atoms with van der Waals surface area (Å²) in [5, 5.41) is 3.96. The smallest absolute Gasteiger partial charge is 0.263 e. The molecule has 0 unspecified atom stereocenters. The number of rotatable bonds is 4. The minimum atomic E-state index is -0.510. The number of carbonyl (C=O) groups is 1. The monoisotopic (exact) mass is 340 g/mol. The Bertz CT molecular complexity index is 783. The molecule has 2 heterocycles. The van der Waals surface area contributed by atoms with E-state index < -0.39 is 6.10 Å². The molecule has 0 radical (unpaired) electrons. The van der Waals surface area contributed by atoms with Crippen LogP contribution >= 0.6 is 0 Å². The van der Waals surface area contributed by atoms with Gasteiger partial charge in [0.15, 0.2) is 11.9 Å². The lowest BCUT2D eigenvalue weighted by atomic mass is 10.1. The number of nitrogens with zero attached hydrogens (tertiary/aromatic N) is 2. The third-order valence-corrected chi connectivity index (χ3v) is 5.24. The molecule has 2 atom stereocenters. The normalized spacial score (nSPS) is 20.6. The van der Waals surface area contributed by atoms with Gasteiger partial charge in [-0.25, -0.2) is 0 Å². The number of aromatic nitrogens is 1. The molecule has 0 bridgehead atoms. The highest BCUT2D eigenvalue weighted by Crippen LogP contribution is 2.33. The Hall–Kier alpha value is -2.30. The standard InChI is InChI=1S/C20H24N2O3/c1-13-11-19(25-21-13)18-7-4-10-22(18)20(23)14(2)24-17-9-8-15-5-3-6-16(15)12-17/h8-9,11-12,14,18H,3-7,10H2,1-2H3/t14-,18+/m0/s1. The van der Waals surface area contributed by atoms with Crippen LogP contribution in [0, 0.1) is 6.92 Å². The molecule has 132 valence electrons. The SMILES string of the molecule is Cc1cc([C@H]2CCCN2C(=O)[C@H](C)Oc2ccc3c(c2)CCC3)on1. The summed E-state index contributed by atoms with van der Waals surface area (Å²) < 4.78 is 11.4. The second kappa shape index (κ2) is 6.54. The van der Waals surface area contributed by atoms with Crippen molar-refractivity contribution in [2.75, 3.05) is 6.54 Å². The first-order chi connectivity index (χ1) is 12.1. The summed E-state index contributed by atoms with van der Waals surface area (Å²) in [5.41, 5.74) is 3.61. The maximum atomic E-state index is 12.9. The first-order valence-electron chi connectivity index (χ1n) is 9.14. The Labute approximate surface area is 147 Å². The number of hydrogen-bond acceptors (Lipinski definition) is 4. The quantitative estimate of drug-likeness (QED) is 0.853. The van der Waals surface area contributed by atoms with Crippen LogP contribution in [-0.2, 0) is 17.6 Å². The van der Waals surface area contributed by atoms with Gasteiger partial charge in [-0.2, -0.15) is 0 Å². The molecule has 1 aliphatic heterocycles. The van der Waals surface area contributed by atoms with Crippen LogP contribution < -0.4 is 4.74 Å². The number of carbonyl (C=O) groups excluding carboxylic acids is 1. The van der Waals surface area contributed by atoms with Gasteiger partial charge < -0.3 is 14.2 Å². The number of fused-ring (bicyclic) bond motifs is 1. The van der Waals surface area contributed by atoms with Crippen molar-refractivity contribution in [2.24, 2.45) is 0 Å². The third kappa shape index (κ3) is 3.15. The van der Waals surface area contributed by atoms with Gasteiger partial charge in [0.1, 0.15) is 5.75 Å². The molecule has 5 nitrogen and oxygen atoms in total. The molecule has 0 saturated carbocycles. The molecular formula is C20H24N2O3. The van der Waals surface area contributed by atoms with E-state index in [9.17, 15) is 4.79 Å². The zero-order valence-electron chi connectivity index (χ0n) is 14.8. The topological polar surface area (TPSA) is 55.6 Å². The van der Waals surface area contributed by atoms with Gasteiger partial charge in [-0.05, 0) is 69.2 Å². The summed E-state index contributed by atoms with van der Waals surface area (Å²) in [6.07, 6.45) is 4.83. The van der Waals surface area contributed by atoms with Gasteiger partial charge in [0, 0.05) is 12.6 Å². The van der Waals surface area contributed by atoms with Gasteiger partial charge in [-0.1, -0.05) is 11.2 Å². The maximum absolute atomic E-state index is 12.9. The van der Waals surface area contributed by atoms with Crippen LogP contribution in [0.15, 0.2) is 28.8 Å². The number of hydrogen-bond donors (Lipinski definition) is 0. The molecule has 2 aromatic rings. The summed E-state index contributed by atoms with van der Waals surface area (Å²) in [6.45, 7) is 4.46. The highest BCUT2D eigenvalue weighted by atomic mass is 16.5. The summed E-state index contributed by atoms with van der Waals surface area (Å²) in [6, 6.07) is 8.09. The number of likely N-dealkylation sites (tertiary alicyclic amines) is 1. The number of aryl methyl sites for hydroxylation is 3. The number of amides is 1. The van der Waals surface area contributed by atoms with E-state index in [0.717, 1.165) is 49.4 Å². The van der Waals surface area contributed by atoms with Gasteiger partial charge >= 0.3 is 0 Å². The zero-order valence-corrected chi connectivity index (χ0v) is 14.8. The molecule has 1 saturated heterocycles. The van der Waals surface area contributed by atoms with Crippen LogP contribution in [-0.4, -0.2) is 28.6 Å². The van der Waals surface area contributed by atoms with Crippen LogP contribution in [0.25, 0.3) is 0 Å². The Morgan fingerprint density at radius 1 is 1.28 bits per heavy atom. The second-order valence-corrected chi connectivity index (χ2v) is 7.10. The van der Waals surface area contributed by atoms with E-state index in [1.165, 1.54) is 17.5 Å². The molecule has 1 aromatic carbocycles. The summed E-state index contributed by atoms with van der Waals surface area (Å²) >= 11 is 0. The van der Waals surface area contributed by atoms with Gasteiger partial charge in [0.2, 0.25) is 0 Å². The molecule has 1 aromatic heterocycles. The molecule has 1 fully saturated rings. The fourth-order valence-electron chi connectivity index (χ4n) is 3.98. The lowest BCUT2D eigenvalue weighted by Gasteiger charge is -2.26. The average Bonchev–Trinajstić information content (AvgIpc) is 3.33. The van der Waals surface area contributed by atoms with Crippen LogP contribution in [0.1, 0.15) is 54.8 Å². The predicted molar refractivity (Wildman–Crippen MR) is 93.5 cm³/mol. The predicted octanol–water partition coefficient (Wildman–Crippen LogP) is 3.60. The Morgan fingerprint density at radius 3 is 2.92 bits per heavy atom. The molecule has 1 aliphatic carbocycles. The van der Waals surface area contributed by atoms with E-state index in [2.05, 4.69) is 17.3 Å². The number of benzene rings is 1. The zero-order chi connectivity index (χ0) is 17.4. The van der Waals surface area contributed by atoms with Gasteiger partial charge in [0.25, 0.3) is 5.91 Å². The van der Waals surface area contributed by atoms with Crippen molar-refractivity contribution in [3.05, 3.63) is 46.8 Å². The minimum Gasteiger partial charge on any atom is -0.481 e. The van der Waals surface area contributed by atoms with Crippen LogP contribution in [0.5, 0.6) is 5.75 Å². The van der Waals surface area contributed by atoms with E-state index >= 15 is 0 Å². The fourth-order valence-corrected chi connectivity index (χ4v) is 3.98. The van der Waals surface area contributed by atoms with Crippen LogP contribution in [0.3, 0.4) is 0 Å². The largest absolute Gasteiger partial charge is 0.481 e. The van der Waals surface area contributed by atoms with Crippen molar-refractivity contribution < 1.29 is 14.1 Å². The summed E-state index contributed by atoms with van der Waals surface area (Å²) in [7, 11) is 0. The van der Waals surface area contributed by atoms with Crippen LogP contribution in [0.4, 0.5) is 0 Å². The molecule has 5 heteroatoms. The lowest BCUT2D eigenvalue weighted by molar-refractivity contribution is -0.139. The second-order valence-electron chi connectivity index (χ2n) is 7.10. The summed E-state index contributed by atoms with van der Waals surface area (Å²) in [4.78, 5) is 14.8. The Balaban J connectivity index is 1.46. The highest BCUT2D eigenvalue weighted by Gasteiger charge is 2.35. The molecule has 0 spiro atoms. The Kier molecular flexibility index (Phi) is 4.24. The highest BCUT2D eigenvalue weighted by molar-refractivity contribution is 5.81. The lowest BCUT2D eigenvalue weighted by Crippen LogP contribution is -2.40. The van der Waals surface area contributed by atoms with E-state index in [1.54, 1.807) is 0 Å². The van der Waals surface area contributed by atoms with Crippen molar-refractivity contribution in [3.63, 3.8) is 0 Å². The van der Waals surface area contributed by atoms with E-state index in [4.69, 9.17) is 9.26 Å². The number of ether oxygens (including phenoxy) is 1. The molecule has 4 rings (SSSR count). The van der Waals surface area contributed by atoms with Crippen molar-refractivity contribution in [1.82, 2.24) is 10.1 Å². The van der Waals surface area contributed by atoms with Crippen molar-refractivity contribution in [2.45, 2.75) is 58.1 Å². The van der Waals surface area contributed by atoms with Gasteiger partial charge in [-0.15, -0.1) is 0 Å². The average molecular weight is 340 g/mol. The van der Waals surface area contributed by atoms with Crippen molar-refractivity contribution in [3.8, 4) is 5.75 Å². The first-order valence-corrected chi connectivity index (χ1v) is 9.14. The molecular weight excluding hydrogens is 316 g/mol. The minimum absolute atomic E-state index is 0.0112.